The van der Waals surface area contributed by atoms with Crippen LogP contribution in [0.1, 0.15) is 28.9 Å². The smallest absolute Gasteiger partial charge is 0.422 e. The molecule has 3 aromatic rings. The van der Waals surface area contributed by atoms with Crippen molar-refractivity contribution in [3.05, 3.63) is 58.1 Å². The molecule has 0 saturated carbocycles. The van der Waals surface area contributed by atoms with Crippen LogP contribution in [0, 0.1) is 0 Å². The van der Waals surface area contributed by atoms with Crippen molar-refractivity contribution in [1.29, 1.82) is 0 Å². The number of carbonyl (C=O) groups excluding carboxylic acids is 1. The maximum Gasteiger partial charge on any atom is 0.422 e. The molecule has 1 unspecified atom stereocenters. The standard InChI is InChI=1S/C17H15F3N4O3/c1-9(10-5-6-13(21-7-10)27-8-17(18,19)20)22-15(25)11-3-2-4-12-14(11)24-16(26)23-12/h2-7,9H,8H2,1H3,(H,22,25)(H2,23,24,26). The van der Waals surface area contributed by atoms with E-state index >= 15 is 0 Å². The SMILES string of the molecule is CC(NC(=O)c1cccc2[nH]c(=O)[nH]c12)c1ccc(OCC(F)(F)F)nc1. The second-order valence-electron chi connectivity index (χ2n) is 5.84. The van der Waals surface area contributed by atoms with E-state index < -0.39 is 30.4 Å². The van der Waals surface area contributed by atoms with Gasteiger partial charge in [0.15, 0.2) is 6.61 Å². The van der Waals surface area contributed by atoms with Gasteiger partial charge in [-0.15, -0.1) is 0 Å². The maximum atomic E-state index is 12.5. The first-order valence-electron chi connectivity index (χ1n) is 7.90. The Labute approximate surface area is 150 Å². The molecule has 0 spiro atoms. The van der Waals surface area contributed by atoms with Crippen LogP contribution >= 0.6 is 0 Å². The number of para-hydroxylation sites is 1. The van der Waals surface area contributed by atoms with Crippen molar-refractivity contribution >= 4 is 16.9 Å². The van der Waals surface area contributed by atoms with E-state index in [-0.39, 0.29) is 11.4 Å². The topological polar surface area (TPSA) is 99.9 Å². The van der Waals surface area contributed by atoms with Crippen LogP contribution < -0.4 is 15.7 Å². The molecule has 7 nitrogen and oxygen atoms in total. The number of aromatic nitrogens is 3. The minimum Gasteiger partial charge on any atom is -0.468 e. The van der Waals surface area contributed by atoms with Crippen LogP contribution in [0.2, 0.25) is 0 Å². The summed E-state index contributed by atoms with van der Waals surface area (Å²) in [5, 5.41) is 2.75. The van der Waals surface area contributed by atoms with Crippen molar-refractivity contribution in [3.63, 3.8) is 0 Å². The fourth-order valence-corrected chi connectivity index (χ4v) is 2.49. The Hall–Kier alpha value is -3.30. The fraction of sp³-hybridized carbons (Fsp3) is 0.235. The number of nitrogens with one attached hydrogen (secondary N) is 3. The molecule has 1 amide bonds. The van der Waals surface area contributed by atoms with Crippen LogP contribution in [0.3, 0.4) is 0 Å². The first-order chi connectivity index (χ1) is 12.7. The average molecular weight is 380 g/mol. The van der Waals surface area contributed by atoms with E-state index in [1.54, 1.807) is 25.1 Å². The summed E-state index contributed by atoms with van der Waals surface area (Å²) >= 11 is 0. The molecule has 1 atom stereocenters. The van der Waals surface area contributed by atoms with Gasteiger partial charge < -0.3 is 20.0 Å². The minimum absolute atomic E-state index is 0.163. The van der Waals surface area contributed by atoms with Gasteiger partial charge in [0, 0.05) is 12.3 Å². The number of hydrogen-bond acceptors (Lipinski definition) is 4. The molecule has 10 heteroatoms. The van der Waals surface area contributed by atoms with Gasteiger partial charge >= 0.3 is 11.9 Å². The van der Waals surface area contributed by atoms with Crippen molar-refractivity contribution in [2.45, 2.75) is 19.1 Å². The number of fused-ring (bicyclic) bond motifs is 1. The zero-order valence-electron chi connectivity index (χ0n) is 14.1. The predicted octanol–water partition coefficient (Wildman–Crippen LogP) is 2.68. The molecule has 2 heterocycles. The van der Waals surface area contributed by atoms with Gasteiger partial charge in [0.25, 0.3) is 5.91 Å². The van der Waals surface area contributed by atoms with E-state index in [4.69, 9.17) is 0 Å². The molecule has 0 radical (unpaired) electrons. The van der Waals surface area contributed by atoms with E-state index in [1.807, 2.05) is 0 Å². The molecule has 0 aliphatic rings. The summed E-state index contributed by atoms with van der Waals surface area (Å²) in [5.41, 5.74) is 1.35. The third kappa shape index (κ3) is 4.46. The molecule has 3 N–H and O–H groups in total. The summed E-state index contributed by atoms with van der Waals surface area (Å²) in [6, 6.07) is 7.22. The molecule has 0 fully saturated rings. The summed E-state index contributed by atoms with van der Waals surface area (Å²) < 4.78 is 41.0. The molecule has 3 rings (SSSR count). The highest BCUT2D eigenvalue weighted by atomic mass is 19.4. The number of carbonyl (C=O) groups is 1. The number of aromatic amines is 2. The number of halogens is 3. The normalized spacial score (nSPS) is 12.7. The number of benzene rings is 1. The number of H-pyrrole nitrogens is 2. The summed E-state index contributed by atoms with van der Waals surface area (Å²) in [6.07, 6.45) is -3.11. The van der Waals surface area contributed by atoms with Crippen LogP contribution in [0.15, 0.2) is 41.3 Å². The van der Waals surface area contributed by atoms with Crippen molar-refractivity contribution in [1.82, 2.24) is 20.3 Å². The number of ether oxygens (including phenoxy) is 1. The van der Waals surface area contributed by atoms with Crippen molar-refractivity contribution in [2.24, 2.45) is 0 Å². The zero-order chi connectivity index (χ0) is 19.6. The summed E-state index contributed by atoms with van der Waals surface area (Å²) in [6.45, 7) is 0.273. The quantitative estimate of drug-likeness (QED) is 0.634. The first-order valence-corrected chi connectivity index (χ1v) is 7.90. The van der Waals surface area contributed by atoms with Crippen LogP contribution in [0.5, 0.6) is 5.88 Å². The highest BCUT2D eigenvalue weighted by Crippen LogP contribution is 2.20. The Morgan fingerprint density at radius 1 is 1.26 bits per heavy atom. The van der Waals surface area contributed by atoms with Crippen molar-refractivity contribution in [3.8, 4) is 5.88 Å². The average Bonchev–Trinajstić information content (AvgIpc) is 2.99. The van der Waals surface area contributed by atoms with E-state index in [0.717, 1.165) is 0 Å². The Balaban J connectivity index is 1.70. The Morgan fingerprint density at radius 3 is 2.70 bits per heavy atom. The largest absolute Gasteiger partial charge is 0.468 e. The minimum atomic E-state index is -4.44. The van der Waals surface area contributed by atoms with E-state index in [0.29, 0.717) is 16.6 Å². The summed E-state index contributed by atoms with van der Waals surface area (Å²) in [4.78, 5) is 32.9. The molecular weight excluding hydrogens is 365 g/mol. The third-order valence-electron chi connectivity index (χ3n) is 3.79. The van der Waals surface area contributed by atoms with E-state index in [1.165, 1.54) is 18.3 Å². The maximum absolute atomic E-state index is 12.5. The van der Waals surface area contributed by atoms with Gasteiger partial charge in [-0.3, -0.25) is 4.79 Å². The van der Waals surface area contributed by atoms with Crippen molar-refractivity contribution < 1.29 is 22.7 Å². The lowest BCUT2D eigenvalue weighted by molar-refractivity contribution is -0.154. The van der Waals surface area contributed by atoms with Gasteiger partial charge in [-0.1, -0.05) is 12.1 Å². The van der Waals surface area contributed by atoms with Gasteiger partial charge in [0.2, 0.25) is 5.88 Å². The first kappa shape index (κ1) is 18.5. The lowest BCUT2D eigenvalue weighted by atomic mass is 10.1. The number of rotatable bonds is 5. The molecule has 2 aromatic heterocycles. The second-order valence-corrected chi connectivity index (χ2v) is 5.84. The molecule has 0 aliphatic heterocycles. The Morgan fingerprint density at radius 2 is 2.04 bits per heavy atom. The molecule has 1 aromatic carbocycles. The molecule has 0 bridgehead atoms. The molecular formula is C17H15F3N4O3. The van der Waals surface area contributed by atoms with Crippen LogP contribution in [-0.2, 0) is 0 Å². The Kier molecular flexibility index (Phi) is 4.89. The van der Waals surface area contributed by atoms with Gasteiger partial charge in [0.1, 0.15) is 0 Å². The molecule has 0 saturated heterocycles. The third-order valence-corrected chi connectivity index (χ3v) is 3.79. The molecule has 142 valence electrons. The second kappa shape index (κ2) is 7.14. The van der Waals surface area contributed by atoms with Crippen LogP contribution in [-0.4, -0.2) is 33.6 Å². The zero-order valence-corrected chi connectivity index (χ0v) is 14.1. The highest BCUT2D eigenvalue weighted by molar-refractivity contribution is 6.04. The number of nitrogens with zero attached hydrogens (tertiary/aromatic N) is 1. The lowest BCUT2D eigenvalue weighted by Gasteiger charge is -2.15. The van der Waals surface area contributed by atoms with E-state index in [2.05, 4.69) is 25.0 Å². The molecule has 0 aliphatic carbocycles. The van der Waals surface area contributed by atoms with Gasteiger partial charge in [0.05, 0.1) is 22.6 Å². The number of amides is 1. The lowest BCUT2D eigenvalue weighted by Crippen LogP contribution is -2.27. The van der Waals surface area contributed by atoms with Gasteiger partial charge in [-0.05, 0) is 24.6 Å². The monoisotopic (exact) mass is 380 g/mol. The van der Waals surface area contributed by atoms with Gasteiger partial charge in [-0.25, -0.2) is 9.78 Å². The van der Waals surface area contributed by atoms with E-state index in [9.17, 15) is 22.8 Å². The van der Waals surface area contributed by atoms with Crippen LogP contribution in [0.25, 0.3) is 11.0 Å². The Bertz CT molecular complexity index is 1010. The number of hydrogen-bond donors (Lipinski definition) is 3. The number of imidazole rings is 1. The van der Waals surface area contributed by atoms with Crippen molar-refractivity contribution in [2.75, 3.05) is 6.61 Å². The number of pyridine rings is 1. The molecule has 27 heavy (non-hydrogen) atoms. The number of alkyl halides is 3. The summed E-state index contributed by atoms with van der Waals surface area (Å²) in [7, 11) is 0. The van der Waals surface area contributed by atoms with Crippen LogP contribution in [0.4, 0.5) is 13.2 Å². The predicted molar refractivity (Wildman–Crippen MR) is 90.6 cm³/mol. The highest BCUT2D eigenvalue weighted by Gasteiger charge is 2.28. The fourth-order valence-electron chi connectivity index (χ4n) is 2.49. The van der Waals surface area contributed by atoms with Gasteiger partial charge in [-0.2, -0.15) is 13.2 Å². The summed E-state index contributed by atoms with van der Waals surface area (Å²) in [5.74, 6) is -0.579.